The zero-order valence-corrected chi connectivity index (χ0v) is 18.1. The van der Waals surface area contributed by atoms with E-state index in [9.17, 15) is 13.5 Å². The van der Waals surface area contributed by atoms with Crippen LogP contribution in [-0.4, -0.2) is 55.4 Å². The number of nitrogens with zero attached hydrogens (tertiary/aromatic N) is 3. The van der Waals surface area contributed by atoms with Gasteiger partial charge < -0.3 is 15.7 Å². The van der Waals surface area contributed by atoms with Crippen LogP contribution in [0.1, 0.15) is 25.0 Å². The van der Waals surface area contributed by atoms with Gasteiger partial charge >= 0.3 is 0 Å². The highest BCUT2D eigenvalue weighted by Crippen LogP contribution is 2.19. The van der Waals surface area contributed by atoms with Crippen LogP contribution in [0.15, 0.2) is 46.5 Å². The largest absolute Gasteiger partial charge is 0.383 e. The molecule has 0 aliphatic heterocycles. The third-order valence-electron chi connectivity index (χ3n) is 4.26. The molecule has 0 aliphatic carbocycles. The first-order valence-electron chi connectivity index (χ1n) is 9.44. The molecule has 0 aliphatic rings. The van der Waals surface area contributed by atoms with Gasteiger partial charge in [0.25, 0.3) is 0 Å². The highest BCUT2D eigenvalue weighted by molar-refractivity contribution is 7.89. The molecule has 1 unspecified atom stereocenters. The van der Waals surface area contributed by atoms with Crippen LogP contribution >= 0.6 is 0 Å². The molecule has 1 aromatic heterocycles. The van der Waals surface area contributed by atoms with Crippen molar-refractivity contribution in [1.29, 1.82) is 0 Å². The Labute approximate surface area is 172 Å². The van der Waals surface area contributed by atoms with Gasteiger partial charge in [0.05, 0.1) is 17.6 Å². The van der Waals surface area contributed by atoms with Crippen LogP contribution in [0.5, 0.6) is 0 Å². The van der Waals surface area contributed by atoms with Crippen LogP contribution in [0.2, 0.25) is 0 Å². The molecule has 2 rings (SSSR count). The lowest BCUT2D eigenvalue weighted by Crippen LogP contribution is -2.42. The number of aromatic nitrogens is 2. The highest BCUT2D eigenvalue weighted by Gasteiger charge is 2.24. The first kappa shape index (κ1) is 22.9. The molecule has 1 atom stereocenters. The van der Waals surface area contributed by atoms with E-state index in [-0.39, 0.29) is 18.0 Å². The molecule has 1 aromatic carbocycles. The highest BCUT2D eigenvalue weighted by atomic mass is 32.2. The number of rotatable bonds is 9. The lowest BCUT2D eigenvalue weighted by Gasteiger charge is -2.20. The minimum absolute atomic E-state index is 0.128. The van der Waals surface area contributed by atoms with Gasteiger partial charge in [-0.05, 0) is 32.9 Å². The van der Waals surface area contributed by atoms with E-state index in [1.807, 2.05) is 13.8 Å². The number of nitrogens with one attached hydrogen (secondary N) is 3. The van der Waals surface area contributed by atoms with Crippen LogP contribution in [0, 0.1) is 6.92 Å². The van der Waals surface area contributed by atoms with Gasteiger partial charge in [-0.2, -0.15) is 5.10 Å². The van der Waals surface area contributed by atoms with Gasteiger partial charge in [0.15, 0.2) is 5.96 Å². The molecule has 10 heteroatoms. The zero-order chi connectivity index (χ0) is 21.5. The topological polar surface area (TPSA) is 121 Å². The molecule has 0 spiro atoms. The summed E-state index contributed by atoms with van der Waals surface area (Å²) in [4.78, 5) is 4.64. The third-order valence-corrected chi connectivity index (χ3v) is 5.73. The summed E-state index contributed by atoms with van der Waals surface area (Å²) in [7, 11) is -1.77. The summed E-state index contributed by atoms with van der Waals surface area (Å²) < 4.78 is 28.8. The molecule has 160 valence electrons. The molecule has 0 radical (unpaired) electrons. The van der Waals surface area contributed by atoms with E-state index in [1.165, 1.54) is 0 Å². The van der Waals surface area contributed by atoms with Crippen molar-refractivity contribution in [2.24, 2.45) is 12.0 Å². The average molecular weight is 423 g/mol. The lowest BCUT2D eigenvalue weighted by molar-refractivity contribution is 0.0672. The first-order valence-corrected chi connectivity index (χ1v) is 10.9. The van der Waals surface area contributed by atoms with Crippen molar-refractivity contribution in [2.75, 3.05) is 26.2 Å². The molecule has 0 saturated heterocycles. The standard InChI is InChI=1S/C19H30N6O3S/c1-5-20-18(22-14-19(3,26)16-12-23-25(4)13-16)21-10-11-24-29(27,28)17-8-6-15(2)7-9-17/h6-9,12-13,24,26H,5,10-11,14H2,1-4H3,(H2,20,21,22). The lowest BCUT2D eigenvalue weighted by atomic mass is 10.0. The number of aliphatic imine (C=N–C) groups is 1. The fourth-order valence-corrected chi connectivity index (χ4v) is 3.56. The molecule has 9 nitrogen and oxygen atoms in total. The Morgan fingerprint density at radius 2 is 1.93 bits per heavy atom. The number of benzene rings is 1. The molecule has 1 heterocycles. The van der Waals surface area contributed by atoms with Crippen LogP contribution < -0.4 is 15.4 Å². The van der Waals surface area contributed by atoms with Crippen LogP contribution in [0.3, 0.4) is 0 Å². The molecule has 0 amide bonds. The maximum atomic E-state index is 12.3. The Balaban J connectivity index is 1.90. The Morgan fingerprint density at radius 3 is 2.52 bits per heavy atom. The molecule has 0 saturated carbocycles. The Kier molecular flexibility index (Phi) is 7.77. The average Bonchev–Trinajstić information content (AvgIpc) is 3.11. The second kappa shape index (κ2) is 9.86. The van der Waals surface area contributed by atoms with Gasteiger partial charge in [0, 0.05) is 38.4 Å². The monoisotopic (exact) mass is 422 g/mol. The van der Waals surface area contributed by atoms with E-state index >= 15 is 0 Å². The third kappa shape index (κ3) is 6.84. The molecular formula is C19H30N6O3S. The van der Waals surface area contributed by atoms with Crippen LogP contribution in [0.25, 0.3) is 0 Å². The zero-order valence-electron chi connectivity index (χ0n) is 17.3. The summed E-state index contributed by atoms with van der Waals surface area (Å²) in [5.41, 5.74) is 0.508. The Bertz CT molecular complexity index is 920. The summed E-state index contributed by atoms with van der Waals surface area (Å²) in [6.07, 6.45) is 3.35. The molecule has 0 bridgehead atoms. The smallest absolute Gasteiger partial charge is 0.240 e. The van der Waals surface area contributed by atoms with Gasteiger partial charge in [0.2, 0.25) is 10.0 Å². The minimum Gasteiger partial charge on any atom is -0.383 e. The van der Waals surface area contributed by atoms with Crippen molar-refractivity contribution in [1.82, 2.24) is 25.1 Å². The van der Waals surface area contributed by atoms with Gasteiger partial charge in [-0.3, -0.25) is 4.68 Å². The molecule has 29 heavy (non-hydrogen) atoms. The van der Waals surface area contributed by atoms with E-state index < -0.39 is 15.6 Å². The van der Waals surface area contributed by atoms with Crippen LogP contribution in [-0.2, 0) is 22.7 Å². The Morgan fingerprint density at radius 1 is 1.24 bits per heavy atom. The first-order chi connectivity index (χ1) is 13.6. The summed E-state index contributed by atoms with van der Waals surface area (Å²) in [5.74, 6) is 0.492. The number of aryl methyl sites for hydroxylation is 2. The summed E-state index contributed by atoms with van der Waals surface area (Å²) in [6.45, 7) is 6.80. The van der Waals surface area contributed by atoms with Crippen molar-refractivity contribution >= 4 is 16.0 Å². The van der Waals surface area contributed by atoms with Crippen molar-refractivity contribution in [2.45, 2.75) is 31.3 Å². The fourth-order valence-electron chi connectivity index (χ4n) is 2.53. The predicted molar refractivity (Wildman–Crippen MR) is 113 cm³/mol. The van der Waals surface area contributed by atoms with Crippen molar-refractivity contribution in [3.8, 4) is 0 Å². The van der Waals surface area contributed by atoms with Gasteiger partial charge in [-0.25, -0.2) is 18.1 Å². The van der Waals surface area contributed by atoms with E-state index in [1.54, 1.807) is 55.3 Å². The molecular weight excluding hydrogens is 392 g/mol. The van der Waals surface area contributed by atoms with E-state index in [0.29, 0.717) is 24.6 Å². The van der Waals surface area contributed by atoms with E-state index in [2.05, 4.69) is 25.4 Å². The second-order valence-electron chi connectivity index (χ2n) is 7.01. The summed E-state index contributed by atoms with van der Waals surface area (Å²) >= 11 is 0. The van der Waals surface area contributed by atoms with Crippen molar-refractivity contribution < 1.29 is 13.5 Å². The SMILES string of the molecule is CCNC(=NCC(C)(O)c1cnn(C)c1)NCCNS(=O)(=O)c1ccc(C)cc1. The summed E-state index contributed by atoms with van der Waals surface area (Å²) in [5, 5.41) is 20.8. The van der Waals surface area contributed by atoms with E-state index in [4.69, 9.17) is 0 Å². The normalized spacial score (nSPS) is 14.4. The number of hydrogen-bond acceptors (Lipinski definition) is 5. The number of aliphatic hydroxyl groups is 1. The maximum absolute atomic E-state index is 12.3. The molecule has 2 aromatic rings. The quantitative estimate of drug-likeness (QED) is 0.265. The number of guanidine groups is 1. The van der Waals surface area contributed by atoms with Crippen molar-refractivity contribution in [3.05, 3.63) is 47.8 Å². The van der Waals surface area contributed by atoms with Crippen molar-refractivity contribution in [3.63, 3.8) is 0 Å². The number of hydrogen-bond donors (Lipinski definition) is 4. The predicted octanol–water partition coefficient (Wildman–Crippen LogP) is 0.470. The van der Waals surface area contributed by atoms with Gasteiger partial charge in [-0.15, -0.1) is 0 Å². The van der Waals surface area contributed by atoms with E-state index in [0.717, 1.165) is 5.56 Å². The van der Waals surface area contributed by atoms with Gasteiger partial charge in [0.1, 0.15) is 5.60 Å². The van der Waals surface area contributed by atoms with Gasteiger partial charge in [-0.1, -0.05) is 17.7 Å². The second-order valence-corrected chi connectivity index (χ2v) is 8.78. The Hall–Kier alpha value is -2.43. The number of sulfonamides is 1. The summed E-state index contributed by atoms with van der Waals surface area (Å²) in [6, 6.07) is 6.68. The minimum atomic E-state index is -3.56. The van der Waals surface area contributed by atoms with Crippen LogP contribution in [0.4, 0.5) is 0 Å². The fraction of sp³-hybridized carbons (Fsp3) is 0.474. The maximum Gasteiger partial charge on any atom is 0.240 e. The molecule has 4 N–H and O–H groups in total. The molecule has 0 fully saturated rings.